The monoisotopic (exact) mass is 714 g/mol. The lowest BCUT2D eigenvalue weighted by molar-refractivity contribution is 0.670. The van der Waals surface area contributed by atoms with E-state index in [-0.39, 0.29) is 0 Å². The zero-order chi connectivity index (χ0) is 37.1. The summed E-state index contributed by atoms with van der Waals surface area (Å²) in [6.45, 7) is 0. The standard InChI is InChI=1S/C53H34N2O/c1-5-18-35(19-6-1)48-34-49(55-52(54-48)36-20-7-2-8-21-36)45-32-44-39-26-13-15-30-46(39)53(37-22-9-3-10-23-37,38-24-11-4-12-25-38)47(44)33-43(45)42-29-17-28-41-40-27-14-16-31-50(40)56-51(41)42/h1-34H. The van der Waals surface area contributed by atoms with E-state index >= 15 is 0 Å². The fourth-order valence-electron chi connectivity index (χ4n) is 8.94. The van der Waals surface area contributed by atoms with Crippen LogP contribution in [0.2, 0.25) is 0 Å². The molecule has 0 bridgehead atoms. The number of fused-ring (bicyclic) bond motifs is 6. The Morgan fingerprint density at radius 1 is 0.357 bits per heavy atom. The first kappa shape index (κ1) is 32.1. The predicted octanol–water partition coefficient (Wildman–Crippen LogP) is 13.4. The summed E-state index contributed by atoms with van der Waals surface area (Å²) >= 11 is 0. The van der Waals surface area contributed by atoms with E-state index in [1.54, 1.807) is 0 Å². The number of para-hydroxylation sites is 2. The summed E-state index contributed by atoms with van der Waals surface area (Å²) in [6, 6.07) is 73.3. The van der Waals surface area contributed by atoms with Crippen molar-refractivity contribution >= 4 is 21.9 Å². The van der Waals surface area contributed by atoms with E-state index in [0.29, 0.717) is 5.82 Å². The Kier molecular flexibility index (Phi) is 7.39. The topological polar surface area (TPSA) is 38.9 Å². The van der Waals surface area contributed by atoms with Gasteiger partial charge in [0.2, 0.25) is 0 Å². The van der Waals surface area contributed by atoms with Gasteiger partial charge in [-0.25, -0.2) is 9.97 Å². The second kappa shape index (κ2) is 12.9. The molecule has 3 heteroatoms. The lowest BCUT2D eigenvalue weighted by Crippen LogP contribution is -2.28. The highest BCUT2D eigenvalue weighted by atomic mass is 16.3. The molecule has 0 saturated carbocycles. The Balaban J connectivity index is 1.29. The molecule has 2 heterocycles. The van der Waals surface area contributed by atoms with Crippen LogP contribution in [-0.4, -0.2) is 9.97 Å². The maximum Gasteiger partial charge on any atom is 0.160 e. The fraction of sp³-hybridized carbons (Fsp3) is 0.0189. The highest BCUT2D eigenvalue weighted by Gasteiger charge is 2.46. The second-order valence-corrected chi connectivity index (χ2v) is 14.4. The van der Waals surface area contributed by atoms with Crippen molar-refractivity contribution < 1.29 is 4.42 Å². The molecular formula is C53H34N2O. The van der Waals surface area contributed by atoms with Gasteiger partial charge in [-0.05, 0) is 63.2 Å². The molecule has 0 unspecified atom stereocenters. The van der Waals surface area contributed by atoms with Gasteiger partial charge in [-0.1, -0.05) is 182 Å². The highest BCUT2D eigenvalue weighted by molar-refractivity contribution is 6.11. The Hall–Kier alpha value is -7.36. The van der Waals surface area contributed by atoms with Gasteiger partial charge >= 0.3 is 0 Å². The number of aromatic nitrogens is 2. The van der Waals surface area contributed by atoms with Gasteiger partial charge in [-0.3, -0.25) is 0 Å². The highest BCUT2D eigenvalue weighted by Crippen LogP contribution is 2.58. The first-order valence-electron chi connectivity index (χ1n) is 19.1. The van der Waals surface area contributed by atoms with Crippen molar-refractivity contribution in [1.82, 2.24) is 9.97 Å². The number of benzene rings is 8. The van der Waals surface area contributed by atoms with Gasteiger partial charge in [0.25, 0.3) is 0 Å². The van der Waals surface area contributed by atoms with Gasteiger partial charge in [-0.2, -0.15) is 0 Å². The summed E-state index contributed by atoms with van der Waals surface area (Å²) in [5.74, 6) is 0.679. The zero-order valence-electron chi connectivity index (χ0n) is 30.4. The van der Waals surface area contributed by atoms with Crippen molar-refractivity contribution in [3.05, 3.63) is 229 Å². The SMILES string of the molecule is c1ccc(-c2cc(-c3cc4c(cc3-c3cccc5c3oc3ccccc35)C(c3ccccc3)(c3ccccc3)c3ccccc3-4)nc(-c3ccccc3)n2)cc1. The quantitative estimate of drug-likeness (QED) is 0.172. The summed E-state index contributed by atoms with van der Waals surface area (Å²) in [4.78, 5) is 10.6. The number of hydrogen-bond acceptors (Lipinski definition) is 3. The van der Waals surface area contributed by atoms with Gasteiger partial charge in [0, 0.05) is 33.0 Å². The molecule has 0 fully saturated rings. The molecule has 8 aromatic carbocycles. The molecule has 262 valence electrons. The van der Waals surface area contributed by atoms with Crippen LogP contribution >= 0.6 is 0 Å². The number of hydrogen-bond donors (Lipinski definition) is 0. The Morgan fingerprint density at radius 2 is 0.929 bits per heavy atom. The van der Waals surface area contributed by atoms with E-state index in [2.05, 4.69) is 176 Å². The van der Waals surface area contributed by atoms with Gasteiger partial charge in [-0.15, -0.1) is 0 Å². The minimum absolute atomic E-state index is 0.570. The molecule has 0 N–H and O–H groups in total. The Morgan fingerprint density at radius 3 is 1.66 bits per heavy atom. The van der Waals surface area contributed by atoms with Gasteiger partial charge in [0.15, 0.2) is 5.82 Å². The lowest BCUT2D eigenvalue weighted by Gasteiger charge is -2.34. The summed E-state index contributed by atoms with van der Waals surface area (Å²) in [5, 5.41) is 2.19. The molecule has 0 saturated heterocycles. The summed E-state index contributed by atoms with van der Waals surface area (Å²) in [6.07, 6.45) is 0. The maximum atomic E-state index is 6.78. The van der Waals surface area contributed by atoms with Crippen LogP contribution in [0.5, 0.6) is 0 Å². The van der Waals surface area contributed by atoms with Gasteiger partial charge < -0.3 is 4.42 Å². The van der Waals surface area contributed by atoms with Crippen molar-refractivity contribution in [3.63, 3.8) is 0 Å². The van der Waals surface area contributed by atoms with Crippen LogP contribution in [-0.2, 0) is 5.41 Å². The predicted molar refractivity (Wildman–Crippen MR) is 228 cm³/mol. The van der Waals surface area contributed by atoms with Crippen molar-refractivity contribution in [3.8, 4) is 56.2 Å². The Labute approximate surface area is 325 Å². The molecule has 0 atom stereocenters. The van der Waals surface area contributed by atoms with E-state index < -0.39 is 5.41 Å². The van der Waals surface area contributed by atoms with Crippen LogP contribution in [0.3, 0.4) is 0 Å². The number of furan rings is 1. The largest absolute Gasteiger partial charge is 0.455 e. The molecular weight excluding hydrogens is 681 g/mol. The van der Waals surface area contributed by atoms with Crippen molar-refractivity contribution in [2.75, 3.05) is 0 Å². The van der Waals surface area contributed by atoms with Crippen molar-refractivity contribution in [1.29, 1.82) is 0 Å². The molecule has 3 nitrogen and oxygen atoms in total. The molecule has 0 spiro atoms. The van der Waals surface area contributed by atoms with Gasteiger partial charge in [0.1, 0.15) is 11.2 Å². The third-order valence-corrected chi connectivity index (χ3v) is 11.4. The average Bonchev–Trinajstić information content (AvgIpc) is 3.81. The van der Waals surface area contributed by atoms with E-state index in [1.807, 2.05) is 30.3 Å². The first-order valence-corrected chi connectivity index (χ1v) is 19.1. The van der Waals surface area contributed by atoms with Crippen LogP contribution in [0.1, 0.15) is 22.3 Å². The normalized spacial score (nSPS) is 12.8. The third-order valence-electron chi connectivity index (χ3n) is 11.4. The van der Waals surface area contributed by atoms with Crippen LogP contribution in [0.4, 0.5) is 0 Å². The van der Waals surface area contributed by atoms with Crippen LogP contribution in [0, 0.1) is 0 Å². The number of rotatable bonds is 6. The van der Waals surface area contributed by atoms with Gasteiger partial charge in [0.05, 0.1) is 16.8 Å². The lowest BCUT2D eigenvalue weighted by atomic mass is 9.67. The summed E-state index contributed by atoms with van der Waals surface area (Å²) in [7, 11) is 0. The summed E-state index contributed by atoms with van der Waals surface area (Å²) in [5.41, 5.74) is 15.3. The zero-order valence-corrected chi connectivity index (χ0v) is 30.4. The van der Waals surface area contributed by atoms with E-state index in [9.17, 15) is 0 Å². The molecule has 0 radical (unpaired) electrons. The minimum atomic E-state index is -0.570. The van der Waals surface area contributed by atoms with Crippen LogP contribution in [0.15, 0.2) is 211 Å². The fourth-order valence-corrected chi connectivity index (χ4v) is 8.94. The van der Waals surface area contributed by atoms with Crippen LogP contribution in [0.25, 0.3) is 78.1 Å². The number of nitrogens with zero attached hydrogens (tertiary/aromatic N) is 2. The maximum absolute atomic E-state index is 6.78. The third kappa shape index (κ3) is 4.91. The molecule has 56 heavy (non-hydrogen) atoms. The first-order chi connectivity index (χ1) is 27.8. The molecule has 11 rings (SSSR count). The van der Waals surface area contributed by atoms with E-state index in [4.69, 9.17) is 14.4 Å². The smallest absolute Gasteiger partial charge is 0.160 e. The second-order valence-electron chi connectivity index (χ2n) is 14.4. The van der Waals surface area contributed by atoms with E-state index in [1.165, 1.54) is 33.4 Å². The van der Waals surface area contributed by atoms with Crippen molar-refractivity contribution in [2.24, 2.45) is 0 Å². The van der Waals surface area contributed by atoms with Crippen LogP contribution < -0.4 is 0 Å². The molecule has 2 aromatic heterocycles. The molecule has 1 aliphatic rings. The molecule has 0 amide bonds. The Bertz CT molecular complexity index is 2960. The van der Waals surface area contributed by atoms with Crippen molar-refractivity contribution in [2.45, 2.75) is 5.41 Å². The van der Waals surface area contributed by atoms with E-state index in [0.717, 1.165) is 61.1 Å². The molecule has 10 aromatic rings. The average molecular weight is 715 g/mol. The molecule has 1 aliphatic carbocycles. The summed E-state index contributed by atoms with van der Waals surface area (Å²) < 4.78 is 6.78. The molecule has 0 aliphatic heterocycles. The minimum Gasteiger partial charge on any atom is -0.455 e.